The topological polar surface area (TPSA) is 105 Å². The van der Waals surface area contributed by atoms with Crippen LogP contribution in [0.3, 0.4) is 0 Å². The van der Waals surface area contributed by atoms with Gasteiger partial charge in [-0.25, -0.2) is 12.8 Å². The largest absolute Gasteiger partial charge is 0.352 e. The third kappa shape index (κ3) is 4.89. The molecule has 1 aliphatic rings. The second-order valence-corrected chi connectivity index (χ2v) is 10.6. The number of amides is 1. The molecular formula is C21H23FN4O4S2. The zero-order chi connectivity index (χ0) is 22.7. The Hall–Kier alpha value is -2.63. The summed E-state index contributed by atoms with van der Waals surface area (Å²) in [6, 6.07) is 7.43. The molecule has 0 aliphatic carbocycles. The third-order valence-corrected chi connectivity index (χ3v) is 8.61. The number of hydrogen-bond acceptors (Lipinski definition) is 7. The van der Waals surface area contributed by atoms with E-state index in [0.717, 1.165) is 16.9 Å². The van der Waals surface area contributed by atoms with Crippen LogP contribution in [-0.4, -0.2) is 41.9 Å². The minimum absolute atomic E-state index is 0.118. The molecule has 1 aromatic carbocycles. The number of rotatable bonds is 7. The number of piperidine rings is 1. The molecule has 32 heavy (non-hydrogen) atoms. The maximum absolute atomic E-state index is 13.2. The van der Waals surface area contributed by atoms with Crippen molar-refractivity contribution < 1.29 is 22.1 Å². The SMILES string of the molecule is CCc1nc(-c2csc(S(=O)(=O)N3CCC[C@H](C(=O)NCc4ccc(F)cc4)C3)c2)no1. The highest BCUT2D eigenvalue weighted by molar-refractivity contribution is 7.91. The van der Waals surface area contributed by atoms with Crippen molar-refractivity contribution in [1.29, 1.82) is 0 Å². The van der Waals surface area contributed by atoms with Crippen molar-refractivity contribution in [2.24, 2.45) is 5.92 Å². The molecule has 0 radical (unpaired) electrons. The molecular weight excluding hydrogens is 455 g/mol. The van der Waals surface area contributed by atoms with Gasteiger partial charge in [-0.2, -0.15) is 9.29 Å². The van der Waals surface area contributed by atoms with Crippen LogP contribution in [0.1, 0.15) is 31.2 Å². The maximum atomic E-state index is 13.2. The van der Waals surface area contributed by atoms with E-state index in [9.17, 15) is 17.6 Å². The zero-order valence-corrected chi connectivity index (χ0v) is 19.1. The molecule has 8 nitrogen and oxygen atoms in total. The smallest absolute Gasteiger partial charge is 0.252 e. The summed E-state index contributed by atoms with van der Waals surface area (Å²) in [5.41, 5.74) is 1.36. The molecule has 4 rings (SSSR count). The van der Waals surface area contributed by atoms with Crippen LogP contribution in [0, 0.1) is 11.7 Å². The number of sulfonamides is 1. The first-order chi connectivity index (χ1) is 15.4. The fraction of sp³-hybridized carbons (Fsp3) is 0.381. The van der Waals surface area contributed by atoms with Gasteiger partial charge in [-0.05, 0) is 36.6 Å². The van der Waals surface area contributed by atoms with Crippen LogP contribution < -0.4 is 5.32 Å². The summed E-state index contributed by atoms with van der Waals surface area (Å²) in [6.07, 6.45) is 1.80. The van der Waals surface area contributed by atoms with Crippen molar-refractivity contribution >= 4 is 27.3 Å². The summed E-state index contributed by atoms with van der Waals surface area (Å²) in [5.74, 6) is -0.143. The van der Waals surface area contributed by atoms with E-state index in [1.54, 1.807) is 23.6 Å². The predicted molar refractivity (Wildman–Crippen MR) is 117 cm³/mol. The summed E-state index contributed by atoms with van der Waals surface area (Å²) in [6.45, 7) is 2.64. The van der Waals surface area contributed by atoms with E-state index in [0.29, 0.717) is 43.1 Å². The van der Waals surface area contributed by atoms with Gasteiger partial charge in [-0.3, -0.25) is 4.79 Å². The van der Waals surface area contributed by atoms with E-state index in [1.165, 1.54) is 16.4 Å². The van der Waals surface area contributed by atoms with Crippen molar-refractivity contribution in [2.45, 2.75) is 36.9 Å². The quantitative estimate of drug-likeness (QED) is 0.559. The summed E-state index contributed by atoms with van der Waals surface area (Å²) >= 11 is 1.10. The molecule has 11 heteroatoms. The maximum Gasteiger partial charge on any atom is 0.252 e. The van der Waals surface area contributed by atoms with Gasteiger partial charge >= 0.3 is 0 Å². The van der Waals surface area contributed by atoms with Gasteiger partial charge in [-0.15, -0.1) is 11.3 Å². The number of thiophene rings is 1. The molecule has 0 unspecified atom stereocenters. The van der Waals surface area contributed by atoms with E-state index >= 15 is 0 Å². The van der Waals surface area contributed by atoms with Gasteiger partial charge in [0.15, 0.2) is 0 Å². The monoisotopic (exact) mass is 478 g/mol. The Morgan fingerprint density at radius 2 is 2.12 bits per heavy atom. The molecule has 0 saturated carbocycles. The van der Waals surface area contributed by atoms with Crippen molar-refractivity contribution in [2.75, 3.05) is 13.1 Å². The molecule has 1 aliphatic heterocycles. The molecule has 2 aromatic heterocycles. The van der Waals surface area contributed by atoms with Crippen LogP contribution in [0.5, 0.6) is 0 Å². The average molecular weight is 479 g/mol. The Balaban J connectivity index is 1.41. The normalized spacial score (nSPS) is 17.4. The number of carbonyl (C=O) groups excluding carboxylic acids is 1. The lowest BCUT2D eigenvalue weighted by Crippen LogP contribution is -2.45. The summed E-state index contributed by atoms with van der Waals surface area (Å²) in [4.78, 5) is 16.9. The van der Waals surface area contributed by atoms with Gasteiger partial charge in [0, 0.05) is 37.0 Å². The molecule has 1 atom stereocenters. The van der Waals surface area contributed by atoms with Crippen LogP contribution in [0.15, 0.2) is 44.4 Å². The Morgan fingerprint density at radius 1 is 1.34 bits per heavy atom. The van der Waals surface area contributed by atoms with E-state index in [2.05, 4.69) is 15.5 Å². The van der Waals surface area contributed by atoms with Crippen molar-refractivity contribution in [1.82, 2.24) is 19.8 Å². The number of carbonyl (C=O) groups is 1. The van der Waals surface area contributed by atoms with E-state index in [4.69, 9.17) is 4.52 Å². The first-order valence-corrected chi connectivity index (χ1v) is 12.6. The van der Waals surface area contributed by atoms with Crippen LogP contribution in [0.25, 0.3) is 11.4 Å². The number of nitrogens with zero attached hydrogens (tertiary/aromatic N) is 3. The molecule has 1 fully saturated rings. The number of aryl methyl sites for hydroxylation is 1. The standard InChI is InChI=1S/C21H23FN4O4S2/c1-2-18-24-20(25-30-18)16-10-19(31-13-16)32(28,29)26-9-3-4-15(12-26)21(27)23-11-14-5-7-17(22)8-6-14/h5-8,10,13,15H,2-4,9,11-12H2,1H3,(H,23,27)/t15-/m0/s1. The second kappa shape index (κ2) is 9.47. The highest BCUT2D eigenvalue weighted by Gasteiger charge is 2.34. The molecule has 1 N–H and O–H groups in total. The van der Waals surface area contributed by atoms with Crippen molar-refractivity contribution in [3.8, 4) is 11.4 Å². The Morgan fingerprint density at radius 3 is 2.84 bits per heavy atom. The first kappa shape index (κ1) is 22.6. The molecule has 3 aromatic rings. The van der Waals surface area contributed by atoms with Gasteiger partial charge in [0.2, 0.25) is 17.6 Å². The van der Waals surface area contributed by atoms with Gasteiger partial charge in [0.05, 0.1) is 5.92 Å². The highest BCUT2D eigenvalue weighted by Crippen LogP contribution is 2.31. The minimum atomic E-state index is -3.74. The average Bonchev–Trinajstić information content (AvgIpc) is 3.48. The molecule has 0 spiro atoms. The lowest BCUT2D eigenvalue weighted by atomic mass is 9.99. The van der Waals surface area contributed by atoms with E-state index in [1.807, 2.05) is 6.92 Å². The van der Waals surface area contributed by atoms with Crippen LogP contribution >= 0.6 is 11.3 Å². The van der Waals surface area contributed by atoms with Crippen molar-refractivity contribution in [3.05, 3.63) is 53.0 Å². The summed E-state index contributed by atoms with van der Waals surface area (Å²) in [7, 11) is -3.74. The number of hydrogen-bond donors (Lipinski definition) is 1. The third-order valence-electron chi connectivity index (χ3n) is 5.33. The Labute approximate surface area is 189 Å². The van der Waals surface area contributed by atoms with Crippen molar-refractivity contribution in [3.63, 3.8) is 0 Å². The van der Waals surface area contributed by atoms with E-state index in [-0.39, 0.29) is 29.0 Å². The molecule has 3 heterocycles. The minimum Gasteiger partial charge on any atom is -0.352 e. The number of halogens is 1. The number of benzene rings is 1. The van der Waals surface area contributed by atoms with Gasteiger partial charge in [0.1, 0.15) is 10.0 Å². The fourth-order valence-electron chi connectivity index (χ4n) is 3.52. The molecule has 1 saturated heterocycles. The molecule has 1 amide bonds. The molecule has 170 valence electrons. The number of nitrogens with one attached hydrogen (secondary N) is 1. The van der Waals surface area contributed by atoms with Gasteiger partial charge < -0.3 is 9.84 Å². The van der Waals surface area contributed by atoms with Gasteiger partial charge in [0.25, 0.3) is 10.0 Å². The van der Waals surface area contributed by atoms with E-state index < -0.39 is 15.9 Å². The Kier molecular flexibility index (Phi) is 6.68. The zero-order valence-electron chi connectivity index (χ0n) is 17.5. The lowest BCUT2D eigenvalue weighted by molar-refractivity contribution is -0.126. The summed E-state index contributed by atoms with van der Waals surface area (Å²) in [5, 5.41) is 8.40. The summed E-state index contributed by atoms with van der Waals surface area (Å²) < 4.78 is 46.0. The number of aromatic nitrogens is 2. The van der Waals surface area contributed by atoms with Crippen LogP contribution in [0.2, 0.25) is 0 Å². The molecule has 0 bridgehead atoms. The fourth-order valence-corrected chi connectivity index (χ4v) is 6.36. The van der Waals surface area contributed by atoms with Crippen LogP contribution in [-0.2, 0) is 27.8 Å². The second-order valence-electron chi connectivity index (χ2n) is 7.57. The first-order valence-electron chi connectivity index (χ1n) is 10.3. The predicted octanol–water partition coefficient (Wildman–Crippen LogP) is 3.22. The van der Waals surface area contributed by atoms with Gasteiger partial charge in [-0.1, -0.05) is 24.2 Å². The lowest BCUT2D eigenvalue weighted by Gasteiger charge is -2.30. The highest BCUT2D eigenvalue weighted by atomic mass is 32.2. The Bertz CT molecular complexity index is 1190. The van der Waals surface area contributed by atoms with Crippen LogP contribution in [0.4, 0.5) is 4.39 Å².